The molecule has 1 atom stereocenters. The van der Waals surface area contributed by atoms with Crippen molar-refractivity contribution in [3.05, 3.63) is 15.9 Å². The summed E-state index contributed by atoms with van der Waals surface area (Å²) in [5, 5.41) is 14.2. The van der Waals surface area contributed by atoms with E-state index in [9.17, 15) is 10.1 Å². The van der Waals surface area contributed by atoms with Gasteiger partial charge in [-0.1, -0.05) is 26.7 Å². The van der Waals surface area contributed by atoms with E-state index in [4.69, 9.17) is 0 Å². The molecular formula is C13H24N4O2. The molecule has 0 aliphatic carbocycles. The van der Waals surface area contributed by atoms with Crippen LogP contribution in [0, 0.1) is 23.0 Å². The lowest BCUT2D eigenvalue weighted by Crippen LogP contribution is -2.18. The van der Waals surface area contributed by atoms with E-state index in [2.05, 4.69) is 24.1 Å². The second-order valence-electron chi connectivity index (χ2n) is 5.52. The molecule has 1 heterocycles. The summed E-state index contributed by atoms with van der Waals surface area (Å²) in [6.07, 6.45) is 3.30. The van der Waals surface area contributed by atoms with Gasteiger partial charge in [0.2, 0.25) is 11.6 Å². The molecule has 0 radical (unpaired) electrons. The van der Waals surface area contributed by atoms with Crippen molar-refractivity contribution in [1.82, 2.24) is 9.55 Å². The van der Waals surface area contributed by atoms with Gasteiger partial charge in [0.1, 0.15) is 0 Å². The minimum Gasteiger partial charge on any atom is -0.362 e. The zero-order chi connectivity index (χ0) is 14.6. The Morgan fingerprint density at radius 2 is 2.00 bits per heavy atom. The molecule has 0 fully saturated rings. The third-order valence-electron chi connectivity index (χ3n) is 3.27. The molecule has 0 aliphatic heterocycles. The molecule has 1 N–H and O–H groups in total. The van der Waals surface area contributed by atoms with Gasteiger partial charge < -0.3 is 15.4 Å². The summed E-state index contributed by atoms with van der Waals surface area (Å²) in [5.41, 5.74) is 0. The average molecular weight is 268 g/mol. The van der Waals surface area contributed by atoms with Crippen molar-refractivity contribution in [2.45, 2.75) is 53.0 Å². The van der Waals surface area contributed by atoms with Gasteiger partial charge in [-0.25, -0.2) is 0 Å². The maximum atomic E-state index is 11.0. The lowest BCUT2D eigenvalue weighted by molar-refractivity contribution is -0.388. The number of aryl methyl sites for hydroxylation is 1. The van der Waals surface area contributed by atoms with Crippen molar-refractivity contribution < 1.29 is 4.92 Å². The van der Waals surface area contributed by atoms with Crippen LogP contribution in [0.1, 0.15) is 45.9 Å². The molecular weight excluding hydrogens is 244 g/mol. The van der Waals surface area contributed by atoms with Gasteiger partial charge in [0.25, 0.3) is 0 Å². The highest BCUT2D eigenvalue weighted by molar-refractivity contribution is 5.53. The molecule has 108 valence electrons. The second kappa shape index (κ2) is 6.54. The molecule has 0 bridgehead atoms. The first kappa shape index (κ1) is 15.5. The van der Waals surface area contributed by atoms with Crippen molar-refractivity contribution in [3.63, 3.8) is 0 Å². The number of rotatable bonds is 7. The molecule has 0 amide bonds. The molecule has 0 aliphatic rings. The largest absolute Gasteiger partial charge is 0.406 e. The zero-order valence-electron chi connectivity index (χ0n) is 12.4. The fourth-order valence-corrected chi connectivity index (χ4v) is 2.02. The molecule has 0 saturated carbocycles. The maximum absolute atomic E-state index is 11.0. The molecule has 1 rings (SSSR count). The molecule has 0 aromatic carbocycles. The van der Waals surface area contributed by atoms with Gasteiger partial charge >= 0.3 is 5.82 Å². The Morgan fingerprint density at radius 1 is 1.37 bits per heavy atom. The number of nitrogens with one attached hydrogen (secondary N) is 1. The van der Waals surface area contributed by atoms with Crippen molar-refractivity contribution >= 4 is 11.6 Å². The average Bonchev–Trinajstić information content (AvgIpc) is 2.57. The third-order valence-corrected chi connectivity index (χ3v) is 3.27. The van der Waals surface area contributed by atoms with E-state index in [1.807, 2.05) is 6.92 Å². The number of hydrogen-bond donors (Lipinski definition) is 1. The fourth-order valence-electron chi connectivity index (χ4n) is 2.02. The van der Waals surface area contributed by atoms with Crippen LogP contribution < -0.4 is 5.32 Å². The molecule has 19 heavy (non-hydrogen) atoms. The number of nitro groups is 1. The van der Waals surface area contributed by atoms with Crippen LogP contribution in [-0.4, -0.2) is 20.5 Å². The maximum Gasteiger partial charge on any atom is 0.406 e. The number of aromatic nitrogens is 2. The quantitative estimate of drug-likeness (QED) is 0.608. The Morgan fingerprint density at radius 3 is 2.53 bits per heavy atom. The van der Waals surface area contributed by atoms with Crippen molar-refractivity contribution in [3.8, 4) is 0 Å². The first-order valence-electron chi connectivity index (χ1n) is 6.77. The van der Waals surface area contributed by atoms with Crippen LogP contribution in [0.15, 0.2) is 0 Å². The normalized spacial score (nSPS) is 12.7. The van der Waals surface area contributed by atoms with Gasteiger partial charge in [0, 0.05) is 20.0 Å². The number of anilines is 1. The Labute approximate surface area is 114 Å². The summed E-state index contributed by atoms with van der Waals surface area (Å²) in [5.74, 6) is 1.75. The fraction of sp³-hybridized carbons (Fsp3) is 0.769. The van der Waals surface area contributed by atoms with Crippen LogP contribution in [0.25, 0.3) is 0 Å². The summed E-state index contributed by atoms with van der Waals surface area (Å²) in [6.45, 7) is 8.22. The topological polar surface area (TPSA) is 73.0 Å². The Bertz CT molecular complexity index is 440. The Balaban J connectivity index is 2.68. The Hall–Kier alpha value is -1.59. The first-order chi connectivity index (χ1) is 8.82. The number of nitrogens with zero attached hydrogens (tertiary/aromatic N) is 3. The van der Waals surface area contributed by atoms with Crippen molar-refractivity contribution in [1.29, 1.82) is 0 Å². The molecule has 0 saturated heterocycles. The zero-order valence-corrected chi connectivity index (χ0v) is 12.4. The van der Waals surface area contributed by atoms with Crippen LogP contribution in [0.3, 0.4) is 0 Å². The van der Waals surface area contributed by atoms with Gasteiger partial charge in [-0.05, 0) is 29.2 Å². The van der Waals surface area contributed by atoms with Gasteiger partial charge in [0.05, 0.1) is 0 Å². The summed E-state index contributed by atoms with van der Waals surface area (Å²) >= 11 is 0. The monoisotopic (exact) mass is 268 g/mol. The van der Waals surface area contributed by atoms with Crippen LogP contribution in [0.5, 0.6) is 0 Å². The van der Waals surface area contributed by atoms with Crippen molar-refractivity contribution in [2.24, 2.45) is 13.0 Å². The van der Waals surface area contributed by atoms with E-state index in [0.717, 1.165) is 12.8 Å². The first-order valence-corrected chi connectivity index (χ1v) is 6.77. The van der Waals surface area contributed by atoms with E-state index < -0.39 is 4.92 Å². The standard InChI is InChI=1S/C13H24N4O2/c1-9(2)7-6-8-10(3)14-12-13(17(18)19)15-11(4)16(12)5/h9-10,14H,6-8H2,1-5H3. The molecule has 6 nitrogen and oxygen atoms in total. The highest BCUT2D eigenvalue weighted by Crippen LogP contribution is 2.25. The van der Waals surface area contributed by atoms with E-state index in [0.29, 0.717) is 17.6 Å². The van der Waals surface area contributed by atoms with Gasteiger partial charge in [-0.15, -0.1) is 0 Å². The predicted octanol–water partition coefficient (Wildman–Crippen LogP) is 3.26. The van der Waals surface area contributed by atoms with E-state index in [1.54, 1.807) is 18.5 Å². The summed E-state index contributed by atoms with van der Waals surface area (Å²) in [4.78, 5) is 14.5. The minimum atomic E-state index is -0.434. The summed E-state index contributed by atoms with van der Waals surface area (Å²) in [7, 11) is 1.79. The summed E-state index contributed by atoms with van der Waals surface area (Å²) in [6, 6.07) is 0.201. The van der Waals surface area contributed by atoms with Crippen LogP contribution in [0.2, 0.25) is 0 Å². The van der Waals surface area contributed by atoms with E-state index in [1.165, 1.54) is 6.42 Å². The smallest absolute Gasteiger partial charge is 0.362 e. The van der Waals surface area contributed by atoms with Gasteiger partial charge in [0.15, 0.2) is 0 Å². The van der Waals surface area contributed by atoms with Gasteiger partial charge in [-0.2, -0.15) is 0 Å². The third kappa shape index (κ3) is 4.22. The van der Waals surface area contributed by atoms with Crippen molar-refractivity contribution in [2.75, 3.05) is 5.32 Å². The van der Waals surface area contributed by atoms with E-state index in [-0.39, 0.29) is 11.9 Å². The SMILES string of the molecule is Cc1nc([N+](=O)[O-])c(NC(C)CCCC(C)C)n1C. The minimum absolute atomic E-state index is 0.0873. The molecule has 6 heteroatoms. The predicted molar refractivity (Wildman–Crippen MR) is 76.4 cm³/mol. The van der Waals surface area contributed by atoms with E-state index >= 15 is 0 Å². The van der Waals surface area contributed by atoms with Crippen LogP contribution in [0.4, 0.5) is 11.6 Å². The lowest BCUT2D eigenvalue weighted by Gasteiger charge is -2.15. The van der Waals surface area contributed by atoms with Crippen LogP contribution in [-0.2, 0) is 7.05 Å². The van der Waals surface area contributed by atoms with Crippen LogP contribution >= 0.6 is 0 Å². The number of imidazole rings is 1. The molecule has 0 spiro atoms. The van der Waals surface area contributed by atoms with Gasteiger partial charge in [-0.3, -0.25) is 4.57 Å². The highest BCUT2D eigenvalue weighted by atomic mass is 16.6. The summed E-state index contributed by atoms with van der Waals surface area (Å²) < 4.78 is 1.73. The Kier molecular flexibility index (Phi) is 5.32. The molecule has 1 aromatic rings. The second-order valence-corrected chi connectivity index (χ2v) is 5.52. The molecule has 1 unspecified atom stereocenters. The highest BCUT2D eigenvalue weighted by Gasteiger charge is 2.24. The molecule has 1 aromatic heterocycles. The number of hydrogen-bond acceptors (Lipinski definition) is 4. The lowest BCUT2D eigenvalue weighted by atomic mass is 10.0.